The molecule has 0 radical (unpaired) electrons. The van der Waals surface area contributed by atoms with Gasteiger partial charge in [0.25, 0.3) is 0 Å². The highest BCUT2D eigenvalue weighted by Gasteiger charge is 2.24. The van der Waals surface area contributed by atoms with E-state index in [-0.39, 0.29) is 12.0 Å². The molecule has 1 atom stereocenters. The molecule has 1 aromatic carbocycles. The molecule has 0 saturated carbocycles. The van der Waals surface area contributed by atoms with Gasteiger partial charge in [-0.3, -0.25) is 0 Å². The first kappa shape index (κ1) is 13.8. The zero-order valence-electron chi connectivity index (χ0n) is 11.3. The second-order valence-electron chi connectivity index (χ2n) is 4.99. The van der Waals surface area contributed by atoms with Gasteiger partial charge in [-0.25, -0.2) is 4.79 Å². The summed E-state index contributed by atoms with van der Waals surface area (Å²) >= 11 is 5.35. The summed E-state index contributed by atoms with van der Waals surface area (Å²) in [6, 6.07) is 7.40. The summed E-state index contributed by atoms with van der Waals surface area (Å²) in [5, 5.41) is 0. The van der Waals surface area contributed by atoms with E-state index in [2.05, 4.69) is 18.8 Å². The van der Waals surface area contributed by atoms with Gasteiger partial charge in [0.1, 0.15) is 6.04 Å². The van der Waals surface area contributed by atoms with E-state index in [9.17, 15) is 4.79 Å². The predicted molar refractivity (Wildman–Crippen MR) is 77.6 cm³/mol. The van der Waals surface area contributed by atoms with E-state index >= 15 is 0 Å². The van der Waals surface area contributed by atoms with Crippen LogP contribution in [0, 0.1) is 10.7 Å². The van der Waals surface area contributed by atoms with Gasteiger partial charge in [0.15, 0.2) is 4.77 Å². The molecule has 0 aliphatic rings. The number of methoxy groups -OCH3 is 1. The number of esters is 1. The third-order valence-corrected chi connectivity index (χ3v) is 3.40. The number of fused-ring (bicyclic) bond motifs is 1. The lowest BCUT2D eigenvalue weighted by atomic mass is 10.0. The van der Waals surface area contributed by atoms with Crippen LogP contribution in [0.4, 0.5) is 0 Å². The normalized spacial score (nSPS) is 12.8. The molecule has 0 fully saturated rings. The van der Waals surface area contributed by atoms with Crippen molar-refractivity contribution >= 4 is 29.2 Å². The summed E-state index contributed by atoms with van der Waals surface area (Å²) in [5.41, 5.74) is 1.87. The molecule has 4 nitrogen and oxygen atoms in total. The predicted octanol–water partition coefficient (Wildman–Crippen LogP) is 3.46. The van der Waals surface area contributed by atoms with E-state index in [4.69, 9.17) is 17.0 Å². The molecule has 0 bridgehead atoms. The van der Waals surface area contributed by atoms with E-state index in [1.165, 1.54) is 7.11 Å². The van der Waals surface area contributed by atoms with Gasteiger partial charge in [0.2, 0.25) is 0 Å². The Morgan fingerprint density at radius 2 is 2.11 bits per heavy atom. The van der Waals surface area contributed by atoms with Crippen LogP contribution in [0.1, 0.15) is 26.3 Å². The molecule has 102 valence electrons. The molecule has 0 aliphatic heterocycles. The highest BCUT2D eigenvalue weighted by Crippen LogP contribution is 2.25. The highest BCUT2D eigenvalue weighted by atomic mass is 32.1. The molecule has 1 aromatic heterocycles. The number of para-hydroxylation sites is 2. The molecule has 0 amide bonds. The molecule has 5 heteroatoms. The van der Waals surface area contributed by atoms with E-state index < -0.39 is 0 Å². The molecule has 1 unspecified atom stereocenters. The molecule has 2 rings (SSSR count). The standard InChI is InChI=1S/C14H18N2O2S/c1-9(2)8-12(13(17)18-3)16-11-7-5-4-6-10(11)15-14(16)19/h4-7,9,12H,8H2,1-3H3,(H,15,19). The van der Waals surface area contributed by atoms with Gasteiger partial charge in [-0.1, -0.05) is 26.0 Å². The molecule has 1 heterocycles. The van der Waals surface area contributed by atoms with Gasteiger partial charge in [0.05, 0.1) is 18.1 Å². The fourth-order valence-electron chi connectivity index (χ4n) is 2.27. The number of hydrogen-bond donors (Lipinski definition) is 1. The number of nitrogens with zero attached hydrogens (tertiary/aromatic N) is 1. The van der Waals surface area contributed by atoms with Crippen LogP contribution >= 0.6 is 12.2 Å². The number of aromatic nitrogens is 2. The number of imidazole rings is 1. The number of H-pyrrole nitrogens is 1. The Morgan fingerprint density at radius 1 is 1.42 bits per heavy atom. The number of ether oxygens (including phenoxy) is 1. The number of aromatic amines is 1. The zero-order chi connectivity index (χ0) is 14.0. The fraction of sp³-hybridized carbons (Fsp3) is 0.429. The second kappa shape index (κ2) is 5.57. The first-order chi connectivity index (χ1) is 9.04. The average molecular weight is 278 g/mol. The Hall–Kier alpha value is -1.62. The maximum Gasteiger partial charge on any atom is 0.328 e. The minimum atomic E-state index is -0.381. The molecule has 1 N–H and O–H groups in total. The van der Waals surface area contributed by atoms with Crippen LogP contribution in [-0.4, -0.2) is 22.6 Å². The lowest BCUT2D eigenvalue weighted by molar-refractivity contribution is -0.145. The van der Waals surface area contributed by atoms with Gasteiger partial charge in [0, 0.05) is 0 Å². The topological polar surface area (TPSA) is 47.0 Å². The Morgan fingerprint density at radius 3 is 2.74 bits per heavy atom. The van der Waals surface area contributed by atoms with E-state index in [1.54, 1.807) is 0 Å². The lowest BCUT2D eigenvalue weighted by Gasteiger charge is -2.19. The molecule has 0 spiro atoms. The Bertz CT molecular complexity index is 642. The quantitative estimate of drug-likeness (QED) is 0.688. The lowest BCUT2D eigenvalue weighted by Crippen LogP contribution is -2.22. The Kier molecular flexibility index (Phi) is 4.04. The first-order valence-electron chi connectivity index (χ1n) is 6.31. The number of hydrogen-bond acceptors (Lipinski definition) is 3. The summed E-state index contributed by atoms with van der Waals surface area (Å²) < 4.78 is 7.33. The number of rotatable bonds is 4. The average Bonchev–Trinajstić information content (AvgIpc) is 2.70. The Balaban J connectivity index is 2.58. The van der Waals surface area contributed by atoms with Crippen LogP contribution in [0.3, 0.4) is 0 Å². The van der Waals surface area contributed by atoms with E-state index in [0.29, 0.717) is 17.1 Å². The van der Waals surface area contributed by atoms with Crippen LogP contribution in [0.5, 0.6) is 0 Å². The summed E-state index contributed by atoms with van der Waals surface area (Å²) in [5.74, 6) is 0.120. The van der Waals surface area contributed by atoms with Crippen molar-refractivity contribution in [1.29, 1.82) is 0 Å². The van der Waals surface area contributed by atoms with Gasteiger partial charge in [-0.05, 0) is 36.7 Å². The van der Waals surface area contributed by atoms with Gasteiger partial charge in [-0.15, -0.1) is 0 Å². The SMILES string of the molecule is COC(=O)C(CC(C)C)n1c(=S)[nH]c2ccccc21. The van der Waals surface area contributed by atoms with Gasteiger partial charge in [-0.2, -0.15) is 0 Å². The maximum atomic E-state index is 12.0. The van der Waals surface area contributed by atoms with Gasteiger partial charge < -0.3 is 14.3 Å². The minimum absolute atomic E-state index is 0.255. The Labute approximate surface area is 117 Å². The van der Waals surface area contributed by atoms with Crippen molar-refractivity contribution in [3.63, 3.8) is 0 Å². The smallest absolute Gasteiger partial charge is 0.328 e. The second-order valence-corrected chi connectivity index (χ2v) is 5.37. The zero-order valence-corrected chi connectivity index (χ0v) is 12.2. The summed E-state index contributed by atoms with van der Waals surface area (Å²) in [6.07, 6.45) is 0.697. The maximum absolute atomic E-state index is 12.0. The van der Waals surface area contributed by atoms with Crippen LogP contribution in [0.25, 0.3) is 11.0 Å². The summed E-state index contributed by atoms with van der Waals surface area (Å²) in [7, 11) is 1.41. The van der Waals surface area contributed by atoms with Gasteiger partial charge >= 0.3 is 5.97 Å². The third-order valence-electron chi connectivity index (χ3n) is 3.10. The summed E-state index contributed by atoms with van der Waals surface area (Å²) in [6.45, 7) is 4.16. The first-order valence-corrected chi connectivity index (χ1v) is 6.72. The largest absolute Gasteiger partial charge is 0.467 e. The van der Waals surface area contributed by atoms with E-state index in [1.807, 2.05) is 28.8 Å². The molecular formula is C14H18N2O2S. The van der Waals surface area contributed by atoms with Crippen molar-refractivity contribution in [1.82, 2.24) is 9.55 Å². The van der Waals surface area contributed by atoms with E-state index in [0.717, 1.165) is 11.0 Å². The number of carbonyl (C=O) groups excluding carboxylic acids is 1. The number of benzene rings is 1. The molecule has 0 aliphatic carbocycles. The van der Waals surface area contributed by atoms with Crippen LogP contribution in [0.15, 0.2) is 24.3 Å². The monoisotopic (exact) mass is 278 g/mol. The molecule has 19 heavy (non-hydrogen) atoms. The van der Waals surface area contributed by atoms with Crippen molar-refractivity contribution in [3.05, 3.63) is 29.0 Å². The minimum Gasteiger partial charge on any atom is -0.467 e. The van der Waals surface area contributed by atoms with Crippen molar-refractivity contribution in [2.24, 2.45) is 5.92 Å². The van der Waals surface area contributed by atoms with Crippen molar-refractivity contribution in [3.8, 4) is 0 Å². The van der Waals surface area contributed by atoms with Crippen molar-refractivity contribution in [2.45, 2.75) is 26.3 Å². The van der Waals surface area contributed by atoms with Crippen LogP contribution in [-0.2, 0) is 9.53 Å². The summed E-state index contributed by atoms with van der Waals surface area (Å²) in [4.78, 5) is 15.2. The third kappa shape index (κ3) is 2.71. The number of carbonyl (C=O) groups is 1. The highest BCUT2D eigenvalue weighted by molar-refractivity contribution is 7.71. The van der Waals surface area contributed by atoms with Crippen LogP contribution in [0.2, 0.25) is 0 Å². The molecular weight excluding hydrogens is 260 g/mol. The van der Waals surface area contributed by atoms with Crippen molar-refractivity contribution in [2.75, 3.05) is 7.11 Å². The molecule has 0 saturated heterocycles. The fourth-order valence-corrected chi connectivity index (χ4v) is 2.61. The molecule has 2 aromatic rings. The van der Waals surface area contributed by atoms with Crippen LogP contribution < -0.4 is 0 Å². The number of nitrogens with one attached hydrogen (secondary N) is 1. The van der Waals surface area contributed by atoms with Crippen molar-refractivity contribution < 1.29 is 9.53 Å².